The number of rotatable bonds is 3. The van der Waals surface area contributed by atoms with Crippen molar-refractivity contribution in [1.82, 2.24) is 4.98 Å². The summed E-state index contributed by atoms with van der Waals surface area (Å²) in [7, 11) is 0. The second-order valence-corrected chi connectivity index (χ2v) is 3.45. The highest BCUT2D eigenvalue weighted by atomic mass is 79.9. The molecule has 0 aromatic carbocycles. The Balaban J connectivity index is 3.38. The highest BCUT2D eigenvalue weighted by Crippen LogP contribution is 2.31. The van der Waals surface area contributed by atoms with Crippen LogP contribution >= 0.6 is 27.5 Å². The minimum atomic E-state index is -2.88. The lowest BCUT2D eigenvalue weighted by molar-refractivity contribution is -0.385. The summed E-state index contributed by atoms with van der Waals surface area (Å²) < 4.78 is 24.5. The van der Waals surface area contributed by atoms with Gasteiger partial charge in [-0.2, -0.15) is 0 Å². The molecule has 0 N–H and O–H groups in total. The van der Waals surface area contributed by atoms with Gasteiger partial charge in [0.05, 0.1) is 10.5 Å². The maximum absolute atomic E-state index is 12.3. The zero-order valence-corrected chi connectivity index (χ0v) is 9.43. The van der Waals surface area contributed by atoms with Gasteiger partial charge < -0.3 is 0 Å². The molecule has 0 unspecified atom stereocenters. The van der Waals surface area contributed by atoms with Crippen molar-refractivity contribution in [3.63, 3.8) is 0 Å². The molecule has 0 aliphatic carbocycles. The van der Waals surface area contributed by atoms with Crippen LogP contribution in [-0.2, 0) is 5.33 Å². The first-order valence-electron chi connectivity index (χ1n) is 3.65. The van der Waals surface area contributed by atoms with Crippen molar-refractivity contribution in [3.05, 3.63) is 32.6 Å². The van der Waals surface area contributed by atoms with Gasteiger partial charge in [-0.3, -0.25) is 10.1 Å². The van der Waals surface area contributed by atoms with Crippen LogP contribution in [0.1, 0.15) is 17.7 Å². The second kappa shape index (κ2) is 4.80. The smallest absolute Gasteiger partial charge is 0.258 e. The molecule has 0 radical (unpaired) electrons. The van der Waals surface area contributed by atoms with Crippen LogP contribution in [0.4, 0.5) is 14.5 Å². The van der Waals surface area contributed by atoms with Gasteiger partial charge in [0.1, 0.15) is 10.8 Å². The molecule has 8 heteroatoms. The number of nitro groups is 1. The molecule has 0 aliphatic heterocycles. The Kier molecular flexibility index (Phi) is 3.92. The van der Waals surface area contributed by atoms with E-state index in [1.165, 1.54) is 0 Å². The minimum absolute atomic E-state index is 0.0820. The Morgan fingerprint density at radius 3 is 2.67 bits per heavy atom. The van der Waals surface area contributed by atoms with Gasteiger partial charge in [-0.25, -0.2) is 13.8 Å². The fourth-order valence-corrected chi connectivity index (χ4v) is 1.92. The lowest BCUT2D eigenvalue weighted by Gasteiger charge is -2.04. The van der Waals surface area contributed by atoms with Gasteiger partial charge >= 0.3 is 0 Å². The zero-order chi connectivity index (χ0) is 11.6. The number of halogens is 4. The van der Waals surface area contributed by atoms with E-state index in [2.05, 4.69) is 20.9 Å². The molecule has 0 aliphatic rings. The Hall–Kier alpha value is -0.820. The van der Waals surface area contributed by atoms with Gasteiger partial charge in [0.25, 0.3) is 12.1 Å². The Bertz CT molecular complexity index is 403. The molecule has 1 aromatic heterocycles. The predicted molar refractivity (Wildman–Crippen MR) is 53.5 cm³/mol. The molecule has 1 aromatic rings. The van der Waals surface area contributed by atoms with E-state index in [0.717, 1.165) is 6.07 Å². The Morgan fingerprint density at radius 2 is 2.27 bits per heavy atom. The van der Waals surface area contributed by atoms with Crippen LogP contribution < -0.4 is 0 Å². The average Bonchev–Trinajstić information content (AvgIpc) is 2.16. The fourth-order valence-electron chi connectivity index (χ4n) is 0.944. The van der Waals surface area contributed by atoms with Gasteiger partial charge in [0.2, 0.25) is 0 Å². The van der Waals surface area contributed by atoms with E-state index < -0.39 is 22.7 Å². The van der Waals surface area contributed by atoms with E-state index >= 15 is 0 Å². The van der Waals surface area contributed by atoms with Crippen molar-refractivity contribution in [2.75, 3.05) is 0 Å². The summed E-state index contributed by atoms with van der Waals surface area (Å²) in [5.74, 6) is 0. The van der Waals surface area contributed by atoms with Crippen molar-refractivity contribution in [2.24, 2.45) is 0 Å². The average molecular weight is 301 g/mol. The van der Waals surface area contributed by atoms with E-state index in [1.807, 2.05) is 0 Å². The zero-order valence-electron chi connectivity index (χ0n) is 7.08. The molecule has 0 bridgehead atoms. The maximum Gasteiger partial charge on any atom is 0.280 e. The number of nitrogens with zero attached hydrogens (tertiary/aromatic N) is 2. The topological polar surface area (TPSA) is 56.0 Å². The first-order chi connectivity index (χ1) is 6.97. The molecule has 0 atom stereocenters. The van der Waals surface area contributed by atoms with Crippen molar-refractivity contribution >= 4 is 33.2 Å². The molecule has 82 valence electrons. The summed E-state index contributed by atoms with van der Waals surface area (Å²) >= 11 is 8.52. The van der Waals surface area contributed by atoms with Gasteiger partial charge in [-0.1, -0.05) is 27.5 Å². The van der Waals surface area contributed by atoms with E-state index in [4.69, 9.17) is 11.6 Å². The van der Waals surface area contributed by atoms with Crippen LogP contribution in [0.15, 0.2) is 6.07 Å². The van der Waals surface area contributed by atoms with Crippen LogP contribution in [-0.4, -0.2) is 9.91 Å². The number of alkyl halides is 3. The minimum Gasteiger partial charge on any atom is -0.258 e. The normalized spacial score (nSPS) is 10.7. The first-order valence-corrected chi connectivity index (χ1v) is 5.15. The van der Waals surface area contributed by atoms with Gasteiger partial charge in [-0.05, 0) is 0 Å². The number of hydrogen-bond acceptors (Lipinski definition) is 3. The van der Waals surface area contributed by atoms with E-state index in [9.17, 15) is 18.9 Å². The summed E-state index contributed by atoms with van der Waals surface area (Å²) in [6.07, 6.45) is -2.88. The summed E-state index contributed by atoms with van der Waals surface area (Å²) in [5.41, 5.74) is -1.07. The molecule has 0 amide bonds. The van der Waals surface area contributed by atoms with Crippen LogP contribution in [0.5, 0.6) is 0 Å². The molecule has 0 saturated heterocycles. The van der Waals surface area contributed by atoms with Crippen LogP contribution in [0.2, 0.25) is 5.15 Å². The van der Waals surface area contributed by atoms with Crippen molar-refractivity contribution < 1.29 is 13.7 Å². The quantitative estimate of drug-likeness (QED) is 0.372. The first kappa shape index (κ1) is 12.3. The number of hydrogen-bond donors (Lipinski definition) is 0. The van der Waals surface area contributed by atoms with Crippen LogP contribution in [0.3, 0.4) is 0 Å². The van der Waals surface area contributed by atoms with Crippen LogP contribution in [0, 0.1) is 10.1 Å². The molecule has 0 spiro atoms. The molecule has 4 nitrogen and oxygen atoms in total. The van der Waals surface area contributed by atoms with Crippen LogP contribution in [0.25, 0.3) is 0 Å². The van der Waals surface area contributed by atoms with Crippen molar-refractivity contribution in [3.8, 4) is 0 Å². The monoisotopic (exact) mass is 300 g/mol. The summed E-state index contributed by atoms with van der Waals surface area (Å²) in [6, 6.07) is 0.729. The highest BCUT2D eigenvalue weighted by molar-refractivity contribution is 9.08. The van der Waals surface area contributed by atoms with Gasteiger partial charge in [0.15, 0.2) is 0 Å². The Labute approximate surface area is 96.5 Å². The molecule has 0 saturated carbocycles. The lowest BCUT2D eigenvalue weighted by atomic mass is 10.2. The van der Waals surface area contributed by atoms with E-state index in [0.29, 0.717) is 0 Å². The highest BCUT2D eigenvalue weighted by Gasteiger charge is 2.22. The number of aromatic nitrogens is 1. The maximum atomic E-state index is 12.3. The van der Waals surface area contributed by atoms with E-state index in [-0.39, 0.29) is 16.0 Å². The van der Waals surface area contributed by atoms with E-state index in [1.54, 1.807) is 0 Å². The fraction of sp³-hybridized carbons (Fsp3) is 0.286. The standard InChI is InChI=1S/C7H4BrClF2N2O2/c8-2-3-5(13(14)15)1-4(7(10)11)12-6(3)9/h1,7H,2H2. The summed E-state index contributed by atoms with van der Waals surface area (Å²) in [6.45, 7) is 0. The van der Waals surface area contributed by atoms with Crippen molar-refractivity contribution in [2.45, 2.75) is 11.8 Å². The van der Waals surface area contributed by atoms with Crippen molar-refractivity contribution in [1.29, 1.82) is 0 Å². The molecule has 0 fully saturated rings. The molecule has 1 heterocycles. The molecular formula is C7H4BrClF2N2O2. The lowest BCUT2D eigenvalue weighted by Crippen LogP contribution is -2.00. The molecular weight excluding hydrogens is 297 g/mol. The molecule has 1 rings (SSSR count). The van der Waals surface area contributed by atoms with Gasteiger partial charge in [0, 0.05) is 11.4 Å². The van der Waals surface area contributed by atoms with Gasteiger partial charge in [-0.15, -0.1) is 0 Å². The Morgan fingerprint density at radius 1 is 1.67 bits per heavy atom. The SMILES string of the molecule is O=[N+]([O-])c1cc(C(F)F)nc(Cl)c1CBr. The molecule has 15 heavy (non-hydrogen) atoms. The third kappa shape index (κ3) is 2.60. The number of pyridine rings is 1. The summed E-state index contributed by atoms with van der Waals surface area (Å²) in [4.78, 5) is 13.2. The third-order valence-electron chi connectivity index (χ3n) is 1.62. The largest absolute Gasteiger partial charge is 0.280 e. The summed E-state index contributed by atoms with van der Waals surface area (Å²) in [5, 5.41) is 10.4. The second-order valence-electron chi connectivity index (χ2n) is 2.53. The predicted octanol–water partition coefficient (Wildman–Crippen LogP) is 3.48. The third-order valence-corrected chi connectivity index (χ3v) is 2.50.